The molecule has 0 aliphatic heterocycles. The Labute approximate surface area is 100 Å². The highest BCUT2D eigenvalue weighted by Gasteiger charge is 2.26. The summed E-state index contributed by atoms with van der Waals surface area (Å²) in [6.45, 7) is 3.83. The molecule has 0 N–H and O–H groups in total. The molecule has 1 saturated carbocycles. The molecule has 17 heavy (non-hydrogen) atoms. The monoisotopic (exact) mass is 225 g/mol. The van der Waals surface area contributed by atoms with Crippen LogP contribution in [-0.2, 0) is 0 Å². The van der Waals surface area contributed by atoms with Crippen LogP contribution in [0, 0.1) is 6.92 Å². The lowest BCUT2D eigenvalue weighted by molar-refractivity contribution is 0.476. The van der Waals surface area contributed by atoms with E-state index in [1.54, 1.807) is 12.4 Å². The maximum absolute atomic E-state index is 5.64. The van der Waals surface area contributed by atoms with Gasteiger partial charge in [-0.15, -0.1) is 0 Å². The lowest BCUT2D eigenvalue weighted by Crippen LogP contribution is -1.93. The Hall–Kier alpha value is -1.90. The van der Waals surface area contributed by atoms with Crippen molar-refractivity contribution >= 4 is 0 Å². The van der Waals surface area contributed by atoms with Gasteiger partial charge in [-0.3, -0.25) is 0 Å². The minimum absolute atomic E-state index is 0.578. The van der Waals surface area contributed by atoms with Crippen molar-refractivity contribution < 1.29 is 4.74 Å². The van der Waals surface area contributed by atoms with Crippen LogP contribution in [0.2, 0.25) is 0 Å². The lowest BCUT2D eigenvalue weighted by atomic mass is 10.2. The predicted octanol–water partition coefficient (Wildman–Crippen LogP) is 3.33. The molecule has 0 atom stereocenters. The lowest BCUT2D eigenvalue weighted by Gasteiger charge is -2.05. The Balaban J connectivity index is 1.73. The van der Waals surface area contributed by atoms with E-state index in [0.717, 1.165) is 17.1 Å². The van der Waals surface area contributed by atoms with Crippen molar-refractivity contribution in [3.8, 4) is 11.5 Å². The summed E-state index contributed by atoms with van der Waals surface area (Å²) < 4.78 is 5.64. The number of nitrogens with zero attached hydrogens (tertiary/aromatic N) is 2. The van der Waals surface area contributed by atoms with E-state index in [4.69, 9.17) is 4.74 Å². The third-order valence-corrected chi connectivity index (χ3v) is 2.75. The second-order valence-electron chi connectivity index (χ2n) is 4.30. The number of rotatable bonds is 3. The maximum atomic E-state index is 5.64. The minimum atomic E-state index is 0.578. The number of ether oxygens (including phenoxy) is 1. The van der Waals surface area contributed by atoms with Crippen LogP contribution < -0.4 is 4.74 Å². The van der Waals surface area contributed by atoms with Gasteiger partial charge < -0.3 is 4.74 Å². The third kappa shape index (κ3) is 2.44. The van der Waals surface area contributed by atoms with Crippen molar-refractivity contribution in [1.82, 2.24) is 9.97 Å². The minimum Gasteiger partial charge on any atom is -0.454 e. The zero-order valence-electron chi connectivity index (χ0n) is 9.47. The summed E-state index contributed by atoms with van der Waals surface area (Å²) in [6.07, 6.45) is 5.90. The van der Waals surface area contributed by atoms with Crippen molar-refractivity contribution in [3.63, 3.8) is 0 Å². The molecule has 0 saturated heterocycles. The molecule has 1 heterocycles. The van der Waals surface area contributed by atoms with E-state index < -0.39 is 0 Å². The Morgan fingerprint density at radius 3 is 2.24 bits per heavy atom. The van der Waals surface area contributed by atoms with Crippen molar-refractivity contribution in [3.05, 3.63) is 55.0 Å². The summed E-state index contributed by atoms with van der Waals surface area (Å²) in [4.78, 5) is 8.61. The number of hydrogen-bond acceptors (Lipinski definition) is 3. The molecule has 0 bridgehead atoms. The van der Waals surface area contributed by atoms with Crippen LogP contribution in [0.25, 0.3) is 0 Å². The van der Waals surface area contributed by atoms with Crippen LogP contribution in [0.4, 0.5) is 0 Å². The smallest absolute Gasteiger partial charge is 0.164 e. The second kappa shape index (κ2) is 4.17. The van der Waals surface area contributed by atoms with Gasteiger partial charge in [0.1, 0.15) is 11.6 Å². The molecule has 1 aromatic carbocycles. The molecule has 3 rings (SSSR count). The normalized spacial score (nSPS) is 14.6. The fraction of sp³-hybridized carbons (Fsp3) is 0.214. The molecular weight excluding hydrogens is 212 g/mol. The molecule has 3 nitrogen and oxygen atoms in total. The van der Waals surface area contributed by atoms with Crippen molar-refractivity contribution in [2.45, 2.75) is 18.8 Å². The second-order valence-corrected chi connectivity index (χ2v) is 4.30. The fourth-order valence-electron chi connectivity index (χ4n) is 1.62. The van der Waals surface area contributed by atoms with E-state index in [2.05, 4.69) is 16.9 Å². The van der Waals surface area contributed by atoms with E-state index in [9.17, 15) is 0 Å². The first kappa shape index (κ1) is 10.3. The molecule has 1 radical (unpaired) electrons. The van der Waals surface area contributed by atoms with E-state index >= 15 is 0 Å². The molecule has 2 aromatic rings. The average molecular weight is 225 g/mol. The summed E-state index contributed by atoms with van der Waals surface area (Å²) in [7, 11) is 0. The molecule has 1 aromatic heterocycles. The van der Waals surface area contributed by atoms with E-state index in [1.165, 1.54) is 12.8 Å². The summed E-state index contributed by atoms with van der Waals surface area (Å²) in [5.41, 5.74) is 0.970. The summed E-state index contributed by atoms with van der Waals surface area (Å²) in [6, 6.07) is 7.60. The standard InChI is InChI=1S/C14H13N2O/c1-10-2-6-12(7-3-10)17-13-8-15-14(16-9-13)11-4-5-11/h2-3,6-9,11H,1,4-5H2. The first-order valence-corrected chi connectivity index (χ1v) is 5.73. The molecule has 1 aliphatic rings. The van der Waals surface area contributed by atoms with Gasteiger partial charge in [0, 0.05) is 5.92 Å². The third-order valence-electron chi connectivity index (χ3n) is 2.75. The number of aromatic nitrogens is 2. The van der Waals surface area contributed by atoms with Crippen molar-refractivity contribution in [2.24, 2.45) is 0 Å². The Kier molecular flexibility index (Phi) is 2.52. The Morgan fingerprint density at radius 2 is 1.65 bits per heavy atom. The molecule has 1 fully saturated rings. The van der Waals surface area contributed by atoms with Crippen LogP contribution >= 0.6 is 0 Å². The number of benzene rings is 1. The van der Waals surface area contributed by atoms with Crippen molar-refractivity contribution in [1.29, 1.82) is 0 Å². The van der Waals surface area contributed by atoms with Gasteiger partial charge in [0.05, 0.1) is 12.4 Å². The first-order valence-electron chi connectivity index (χ1n) is 5.73. The molecule has 0 amide bonds. The van der Waals surface area contributed by atoms with Gasteiger partial charge in [0.2, 0.25) is 0 Å². The van der Waals surface area contributed by atoms with Gasteiger partial charge >= 0.3 is 0 Å². The summed E-state index contributed by atoms with van der Waals surface area (Å²) in [5.74, 6) is 2.96. The molecule has 85 valence electrons. The van der Waals surface area contributed by atoms with Crippen molar-refractivity contribution in [2.75, 3.05) is 0 Å². The van der Waals surface area contributed by atoms with Gasteiger partial charge in [-0.2, -0.15) is 0 Å². The fourth-order valence-corrected chi connectivity index (χ4v) is 1.62. The van der Waals surface area contributed by atoms with Crippen LogP contribution in [-0.4, -0.2) is 9.97 Å². The quantitative estimate of drug-likeness (QED) is 0.803. The molecule has 0 spiro atoms. The summed E-state index contributed by atoms with van der Waals surface area (Å²) in [5, 5.41) is 0. The molecule has 3 heteroatoms. The van der Waals surface area contributed by atoms with Gasteiger partial charge in [-0.25, -0.2) is 9.97 Å². The van der Waals surface area contributed by atoms with Crippen LogP contribution in [0.15, 0.2) is 36.7 Å². The Morgan fingerprint density at radius 1 is 1.00 bits per heavy atom. The topological polar surface area (TPSA) is 35.0 Å². The largest absolute Gasteiger partial charge is 0.454 e. The molecule has 1 aliphatic carbocycles. The number of hydrogen-bond donors (Lipinski definition) is 0. The van der Waals surface area contributed by atoms with Crippen LogP contribution in [0.5, 0.6) is 11.5 Å². The highest BCUT2D eigenvalue weighted by atomic mass is 16.5. The van der Waals surface area contributed by atoms with Gasteiger partial charge in [0.15, 0.2) is 5.75 Å². The highest BCUT2D eigenvalue weighted by molar-refractivity contribution is 5.32. The van der Waals surface area contributed by atoms with Gasteiger partial charge in [-0.1, -0.05) is 12.1 Å². The van der Waals surface area contributed by atoms with Crippen LogP contribution in [0.3, 0.4) is 0 Å². The Bertz CT molecular complexity index is 501. The van der Waals surface area contributed by atoms with E-state index in [-0.39, 0.29) is 0 Å². The van der Waals surface area contributed by atoms with E-state index in [1.807, 2.05) is 24.3 Å². The summed E-state index contributed by atoms with van der Waals surface area (Å²) >= 11 is 0. The molecular formula is C14H13N2O. The van der Waals surface area contributed by atoms with E-state index in [0.29, 0.717) is 11.7 Å². The average Bonchev–Trinajstić information content (AvgIpc) is 3.17. The SMILES string of the molecule is [CH2]c1ccc(Oc2cnc(C3CC3)nc2)cc1. The predicted molar refractivity (Wildman–Crippen MR) is 65.0 cm³/mol. The highest BCUT2D eigenvalue weighted by Crippen LogP contribution is 2.38. The first-order chi connectivity index (χ1) is 8.31. The maximum Gasteiger partial charge on any atom is 0.164 e. The zero-order valence-corrected chi connectivity index (χ0v) is 9.47. The van der Waals surface area contributed by atoms with Gasteiger partial charge in [0.25, 0.3) is 0 Å². The zero-order chi connectivity index (χ0) is 11.7. The van der Waals surface area contributed by atoms with Crippen LogP contribution in [0.1, 0.15) is 30.1 Å². The van der Waals surface area contributed by atoms with Gasteiger partial charge in [-0.05, 0) is 37.5 Å². The molecule has 0 unspecified atom stereocenters.